The summed E-state index contributed by atoms with van der Waals surface area (Å²) in [6, 6.07) is 3.44. The van der Waals surface area contributed by atoms with Crippen LogP contribution < -0.4 is 15.2 Å². The summed E-state index contributed by atoms with van der Waals surface area (Å²) >= 11 is 0. The van der Waals surface area contributed by atoms with Crippen molar-refractivity contribution in [3.63, 3.8) is 0 Å². The number of rotatable bonds is 5. The first-order valence-corrected chi connectivity index (χ1v) is 8.75. The molecule has 0 aliphatic heterocycles. The number of aryl methyl sites for hydroxylation is 2. The van der Waals surface area contributed by atoms with E-state index >= 15 is 0 Å². The van der Waals surface area contributed by atoms with Gasteiger partial charge in [-0.2, -0.15) is 0 Å². The predicted molar refractivity (Wildman–Crippen MR) is 83.0 cm³/mol. The Kier molecular flexibility index (Phi) is 4.91. The minimum absolute atomic E-state index is 0.0547. The van der Waals surface area contributed by atoms with Gasteiger partial charge in [0.25, 0.3) is 0 Å². The summed E-state index contributed by atoms with van der Waals surface area (Å²) < 4.78 is 33.4. The van der Waals surface area contributed by atoms with Crippen LogP contribution >= 0.6 is 0 Å². The van der Waals surface area contributed by atoms with Gasteiger partial charge in [0.2, 0.25) is 10.0 Å². The maximum Gasteiger partial charge on any atom is 0.241 e. The van der Waals surface area contributed by atoms with Gasteiger partial charge < -0.3 is 10.5 Å². The molecule has 0 heterocycles. The lowest BCUT2D eigenvalue weighted by Gasteiger charge is -2.21. The van der Waals surface area contributed by atoms with Gasteiger partial charge >= 0.3 is 0 Å². The molecule has 2 atom stereocenters. The minimum Gasteiger partial charge on any atom is -0.497 e. The highest BCUT2D eigenvalue weighted by molar-refractivity contribution is 7.89. The molecule has 0 saturated heterocycles. The molecule has 1 aliphatic carbocycles. The van der Waals surface area contributed by atoms with Gasteiger partial charge in [0.05, 0.1) is 12.0 Å². The van der Waals surface area contributed by atoms with Gasteiger partial charge in [-0.15, -0.1) is 0 Å². The molecule has 1 fully saturated rings. The monoisotopic (exact) mass is 312 g/mol. The lowest BCUT2D eigenvalue weighted by atomic mass is 10.1. The second kappa shape index (κ2) is 6.34. The topological polar surface area (TPSA) is 81.4 Å². The number of sulfonamides is 1. The van der Waals surface area contributed by atoms with Crippen LogP contribution in [0.4, 0.5) is 0 Å². The molecular weight excluding hydrogens is 288 g/mol. The first-order valence-electron chi connectivity index (χ1n) is 7.26. The number of benzene rings is 1. The summed E-state index contributed by atoms with van der Waals surface area (Å²) in [4.78, 5) is 0.353. The van der Waals surface area contributed by atoms with Gasteiger partial charge in [0, 0.05) is 6.04 Å². The molecule has 0 aromatic heterocycles. The van der Waals surface area contributed by atoms with Crippen LogP contribution in [0, 0.1) is 19.8 Å². The number of ether oxygens (including phenoxy) is 1. The number of nitrogens with two attached hydrogens (primary N) is 1. The third-order valence-corrected chi connectivity index (χ3v) is 6.00. The van der Waals surface area contributed by atoms with Crippen LogP contribution in [0.3, 0.4) is 0 Å². The normalized spacial score (nSPS) is 22.5. The zero-order valence-electron chi connectivity index (χ0n) is 12.8. The van der Waals surface area contributed by atoms with E-state index < -0.39 is 10.0 Å². The predicted octanol–water partition coefficient (Wildman–Crippen LogP) is 1.72. The van der Waals surface area contributed by atoms with Crippen molar-refractivity contribution in [3.8, 4) is 5.75 Å². The number of hydrogen-bond donors (Lipinski definition) is 2. The summed E-state index contributed by atoms with van der Waals surface area (Å²) in [7, 11) is -1.96. The fourth-order valence-electron chi connectivity index (χ4n) is 3.18. The van der Waals surface area contributed by atoms with Crippen molar-refractivity contribution in [1.29, 1.82) is 0 Å². The Morgan fingerprint density at radius 3 is 2.43 bits per heavy atom. The van der Waals surface area contributed by atoms with E-state index in [1.54, 1.807) is 33.1 Å². The Balaban J connectivity index is 2.32. The van der Waals surface area contributed by atoms with E-state index in [9.17, 15) is 8.42 Å². The Bertz CT molecular complexity index is 590. The first-order chi connectivity index (χ1) is 9.89. The van der Waals surface area contributed by atoms with Gasteiger partial charge in [-0.1, -0.05) is 6.42 Å². The molecule has 0 spiro atoms. The van der Waals surface area contributed by atoms with Crippen molar-refractivity contribution in [3.05, 3.63) is 23.3 Å². The van der Waals surface area contributed by atoms with Gasteiger partial charge in [-0.3, -0.25) is 0 Å². The first kappa shape index (κ1) is 16.3. The second-order valence-electron chi connectivity index (χ2n) is 5.74. The number of methoxy groups -OCH3 is 1. The van der Waals surface area contributed by atoms with Crippen LogP contribution in [0.15, 0.2) is 17.0 Å². The molecule has 6 heteroatoms. The van der Waals surface area contributed by atoms with E-state index in [0.717, 1.165) is 19.3 Å². The summed E-state index contributed by atoms with van der Waals surface area (Å²) in [5, 5.41) is 0. The fraction of sp³-hybridized carbons (Fsp3) is 0.600. The van der Waals surface area contributed by atoms with Crippen molar-refractivity contribution < 1.29 is 13.2 Å². The Labute approximate surface area is 126 Å². The average Bonchev–Trinajstić information content (AvgIpc) is 2.83. The largest absolute Gasteiger partial charge is 0.497 e. The molecule has 2 unspecified atom stereocenters. The highest BCUT2D eigenvalue weighted by Crippen LogP contribution is 2.29. The Morgan fingerprint density at radius 2 is 1.90 bits per heavy atom. The van der Waals surface area contributed by atoms with Crippen LogP contribution in [-0.4, -0.2) is 28.1 Å². The van der Waals surface area contributed by atoms with Crippen molar-refractivity contribution in [1.82, 2.24) is 4.72 Å². The summed E-state index contributed by atoms with van der Waals surface area (Å²) in [6.07, 6.45) is 2.87. The molecular formula is C15H24N2O3S. The maximum absolute atomic E-state index is 12.7. The Morgan fingerprint density at radius 1 is 1.29 bits per heavy atom. The van der Waals surface area contributed by atoms with E-state index in [1.807, 2.05) is 0 Å². The molecule has 2 rings (SSSR count). The third-order valence-electron chi connectivity index (χ3n) is 4.21. The van der Waals surface area contributed by atoms with E-state index in [-0.39, 0.29) is 12.0 Å². The molecule has 118 valence electrons. The van der Waals surface area contributed by atoms with E-state index in [1.165, 1.54) is 0 Å². The standard InChI is InChI=1S/C15H24N2O3S/c1-10-7-13(20-3)8-11(2)15(10)21(18,19)17-14-6-4-5-12(14)9-16/h7-8,12,14,17H,4-6,9,16H2,1-3H3. The lowest BCUT2D eigenvalue weighted by Crippen LogP contribution is -2.40. The summed E-state index contributed by atoms with van der Waals surface area (Å²) in [6.45, 7) is 4.10. The van der Waals surface area contributed by atoms with Crippen molar-refractivity contribution in [2.45, 2.75) is 44.0 Å². The molecule has 0 bridgehead atoms. The molecule has 1 saturated carbocycles. The Hall–Kier alpha value is -1.11. The van der Waals surface area contributed by atoms with E-state index in [2.05, 4.69) is 4.72 Å². The van der Waals surface area contributed by atoms with Crippen molar-refractivity contribution in [2.75, 3.05) is 13.7 Å². The van der Waals surface area contributed by atoms with Crippen LogP contribution in [-0.2, 0) is 10.0 Å². The molecule has 5 nitrogen and oxygen atoms in total. The lowest BCUT2D eigenvalue weighted by molar-refractivity contribution is 0.413. The van der Waals surface area contributed by atoms with Crippen LogP contribution in [0.2, 0.25) is 0 Å². The van der Waals surface area contributed by atoms with Gasteiger partial charge in [0.15, 0.2) is 0 Å². The second-order valence-corrected chi connectivity index (χ2v) is 7.40. The van der Waals surface area contributed by atoms with Crippen molar-refractivity contribution in [2.24, 2.45) is 11.7 Å². The van der Waals surface area contributed by atoms with Gasteiger partial charge in [0.1, 0.15) is 5.75 Å². The zero-order valence-corrected chi connectivity index (χ0v) is 13.7. The summed E-state index contributed by atoms with van der Waals surface area (Å²) in [5.74, 6) is 0.906. The quantitative estimate of drug-likeness (QED) is 0.867. The van der Waals surface area contributed by atoms with Crippen LogP contribution in [0.25, 0.3) is 0 Å². The number of nitrogens with one attached hydrogen (secondary N) is 1. The fourth-order valence-corrected chi connectivity index (χ4v) is 4.98. The smallest absolute Gasteiger partial charge is 0.241 e. The van der Waals surface area contributed by atoms with Gasteiger partial charge in [-0.25, -0.2) is 13.1 Å². The highest BCUT2D eigenvalue weighted by atomic mass is 32.2. The molecule has 3 N–H and O–H groups in total. The van der Waals surface area contributed by atoms with Crippen LogP contribution in [0.1, 0.15) is 30.4 Å². The molecule has 21 heavy (non-hydrogen) atoms. The zero-order chi connectivity index (χ0) is 15.6. The molecule has 0 amide bonds. The van der Waals surface area contributed by atoms with Crippen molar-refractivity contribution >= 4 is 10.0 Å². The molecule has 0 radical (unpaired) electrons. The van der Waals surface area contributed by atoms with Crippen LogP contribution in [0.5, 0.6) is 5.75 Å². The third kappa shape index (κ3) is 3.39. The molecule has 1 aliphatic rings. The maximum atomic E-state index is 12.7. The minimum atomic E-state index is -3.53. The van der Waals surface area contributed by atoms with Gasteiger partial charge in [-0.05, 0) is 62.4 Å². The molecule has 1 aromatic rings. The average molecular weight is 312 g/mol. The summed E-state index contributed by atoms with van der Waals surface area (Å²) in [5.41, 5.74) is 7.12. The molecule has 1 aromatic carbocycles. The number of hydrogen-bond acceptors (Lipinski definition) is 4. The highest BCUT2D eigenvalue weighted by Gasteiger charge is 2.31. The van der Waals surface area contributed by atoms with E-state index in [0.29, 0.717) is 28.3 Å². The SMILES string of the molecule is COc1cc(C)c(S(=O)(=O)NC2CCCC2CN)c(C)c1. The van der Waals surface area contributed by atoms with E-state index in [4.69, 9.17) is 10.5 Å².